The van der Waals surface area contributed by atoms with Gasteiger partial charge in [0.25, 0.3) is 0 Å². The fraction of sp³-hybridized carbons (Fsp3) is 0.533. The van der Waals surface area contributed by atoms with Gasteiger partial charge in [0, 0.05) is 18.8 Å². The lowest BCUT2D eigenvalue weighted by atomic mass is 10.1. The maximum atomic E-state index is 12.3. The minimum absolute atomic E-state index is 0.138. The summed E-state index contributed by atoms with van der Waals surface area (Å²) in [5.41, 5.74) is 2.38. The van der Waals surface area contributed by atoms with E-state index >= 15 is 0 Å². The van der Waals surface area contributed by atoms with E-state index in [0.717, 1.165) is 38.1 Å². The normalized spacial score (nSPS) is 22.9. The molecule has 2 heterocycles. The van der Waals surface area contributed by atoms with E-state index in [2.05, 4.69) is 6.07 Å². The summed E-state index contributed by atoms with van der Waals surface area (Å²) in [6.45, 7) is 1.64. The second kappa shape index (κ2) is 5.11. The number of carbonyl (C=O) groups is 1. The number of fused-ring (bicyclic) bond motifs is 1. The Morgan fingerprint density at radius 1 is 1.33 bits per heavy atom. The van der Waals surface area contributed by atoms with Gasteiger partial charge in [-0.2, -0.15) is 0 Å². The molecule has 0 saturated carbocycles. The molecule has 3 rings (SSSR count). The molecule has 1 amide bonds. The van der Waals surface area contributed by atoms with Crippen molar-refractivity contribution >= 4 is 11.6 Å². The molecule has 3 heteroatoms. The highest BCUT2D eigenvalue weighted by atomic mass is 16.5. The molecular formula is C15H19NO2. The average molecular weight is 245 g/mol. The van der Waals surface area contributed by atoms with Gasteiger partial charge in [-0.15, -0.1) is 0 Å². The molecule has 18 heavy (non-hydrogen) atoms. The number of carbonyl (C=O) groups excluding carboxylic acids is 1. The van der Waals surface area contributed by atoms with Gasteiger partial charge >= 0.3 is 0 Å². The fourth-order valence-electron chi connectivity index (χ4n) is 2.87. The number of anilines is 1. The summed E-state index contributed by atoms with van der Waals surface area (Å²) in [4.78, 5) is 14.2. The predicted molar refractivity (Wildman–Crippen MR) is 70.7 cm³/mol. The molecule has 0 radical (unpaired) electrons. The average Bonchev–Trinajstić information content (AvgIpc) is 2.84. The van der Waals surface area contributed by atoms with Gasteiger partial charge in [-0.05, 0) is 37.3 Å². The Bertz CT molecular complexity index is 438. The minimum atomic E-state index is 0.138. The highest BCUT2D eigenvalue weighted by molar-refractivity contribution is 5.95. The van der Waals surface area contributed by atoms with Crippen molar-refractivity contribution in [3.63, 3.8) is 0 Å². The van der Waals surface area contributed by atoms with Crippen LogP contribution in [-0.4, -0.2) is 25.2 Å². The first-order chi connectivity index (χ1) is 8.84. The maximum absolute atomic E-state index is 12.3. The zero-order chi connectivity index (χ0) is 12.4. The van der Waals surface area contributed by atoms with Crippen molar-refractivity contribution < 1.29 is 9.53 Å². The van der Waals surface area contributed by atoms with Crippen molar-refractivity contribution in [3.8, 4) is 0 Å². The summed E-state index contributed by atoms with van der Waals surface area (Å²) in [7, 11) is 0. The highest BCUT2D eigenvalue weighted by Crippen LogP contribution is 2.28. The van der Waals surface area contributed by atoms with Crippen LogP contribution in [0, 0.1) is 0 Å². The summed E-state index contributed by atoms with van der Waals surface area (Å²) in [5, 5.41) is 0. The van der Waals surface area contributed by atoms with Gasteiger partial charge in [0.1, 0.15) is 0 Å². The summed E-state index contributed by atoms with van der Waals surface area (Å²) in [5.74, 6) is 0.215. The fourth-order valence-corrected chi connectivity index (χ4v) is 2.87. The maximum Gasteiger partial charge on any atom is 0.229 e. The standard InChI is InChI=1S/C15H19NO2/c17-15(11-13-6-3-4-10-18-13)16-9-8-12-5-1-2-7-14(12)16/h1-2,5,7,13H,3-4,6,8-11H2. The Morgan fingerprint density at radius 3 is 3.06 bits per heavy atom. The van der Waals surface area contributed by atoms with E-state index in [4.69, 9.17) is 4.74 Å². The number of hydrogen-bond donors (Lipinski definition) is 0. The number of amides is 1. The molecule has 1 unspecified atom stereocenters. The summed E-state index contributed by atoms with van der Waals surface area (Å²) in [6.07, 6.45) is 5.01. The molecule has 0 aromatic heterocycles. The molecule has 0 aliphatic carbocycles. The molecule has 0 spiro atoms. The lowest BCUT2D eigenvalue weighted by Crippen LogP contribution is -2.33. The van der Waals surface area contributed by atoms with Crippen LogP contribution in [0.2, 0.25) is 0 Å². The molecule has 1 aromatic carbocycles. The summed E-state index contributed by atoms with van der Waals surface area (Å²) < 4.78 is 5.65. The third-order valence-electron chi connectivity index (χ3n) is 3.86. The molecule has 0 N–H and O–H groups in total. The summed E-state index contributed by atoms with van der Waals surface area (Å²) in [6, 6.07) is 8.19. The van der Waals surface area contributed by atoms with E-state index in [1.807, 2.05) is 23.1 Å². The van der Waals surface area contributed by atoms with E-state index in [1.165, 1.54) is 12.0 Å². The van der Waals surface area contributed by atoms with Crippen molar-refractivity contribution in [2.75, 3.05) is 18.1 Å². The van der Waals surface area contributed by atoms with Crippen molar-refractivity contribution in [1.29, 1.82) is 0 Å². The number of hydrogen-bond acceptors (Lipinski definition) is 2. The van der Waals surface area contributed by atoms with Crippen LogP contribution >= 0.6 is 0 Å². The van der Waals surface area contributed by atoms with Gasteiger partial charge in [-0.1, -0.05) is 18.2 Å². The number of para-hydroxylation sites is 1. The van der Waals surface area contributed by atoms with Crippen LogP contribution in [-0.2, 0) is 16.0 Å². The van der Waals surface area contributed by atoms with Crippen molar-refractivity contribution in [2.45, 2.75) is 38.2 Å². The molecular weight excluding hydrogens is 226 g/mol. The Balaban J connectivity index is 1.67. The van der Waals surface area contributed by atoms with Crippen molar-refractivity contribution in [2.24, 2.45) is 0 Å². The van der Waals surface area contributed by atoms with E-state index in [0.29, 0.717) is 6.42 Å². The Morgan fingerprint density at radius 2 is 2.22 bits per heavy atom. The van der Waals surface area contributed by atoms with E-state index in [9.17, 15) is 4.79 Å². The van der Waals surface area contributed by atoms with Crippen LogP contribution in [0.15, 0.2) is 24.3 Å². The van der Waals surface area contributed by atoms with Crippen LogP contribution < -0.4 is 4.90 Å². The quantitative estimate of drug-likeness (QED) is 0.801. The van der Waals surface area contributed by atoms with Crippen LogP contribution in [0.25, 0.3) is 0 Å². The molecule has 3 nitrogen and oxygen atoms in total. The lowest BCUT2D eigenvalue weighted by Gasteiger charge is -2.25. The van der Waals surface area contributed by atoms with E-state index < -0.39 is 0 Å². The topological polar surface area (TPSA) is 29.5 Å². The molecule has 0 bridgehead atoms. The first-order valence-electron chi connectivity index (χ1n) is 6.84. The first kappa shape index (κ1) is 11.7. The Hall–Kier alpha value is -1.35. The van der Waals surface area contributed by atoms with Gasteiger partial charge in [-0.3, -0.25) is 4.79 Å². The molecule has 1 fully saturated rings. The third-order valence-corrected chi connectivity index (χ3v) is 3.86. The third kappa shape index (κ3) is 2.27. The molecule has 2 aliphatic rings. The highest BCUT2D eigenvalue weighted by Gasteiger charge is 2.27. The van der Waals surface area contributed by atoms with E-state index in [-0.39, 0.29) is 12.0 Å². The summed E-state index contributed by atoms with van der Waals surface area (Å²) >= 11 is 0. The van der Waals surface area contributed by atoms with Crippen molar-refractivity contribution in [3.05, 3.63) is 29.8 Å². The Kier molecular flexibility index (Phi) is 3.33. The molecule has 2 aliphatic heterocycles. The Labute approximate surface area is 108 Å². The van der Waals surface area contributed by atoms with Gasteiger partial charge < -0.3 is 9.64 Å². The van der Waals surface area contributed by atoms with Gasteiger partial charge in [0.15, 0.2) is 0 Å². The minimum Gasteiger partial charge on any atom is -0.378 e. The zero-order valence-corrected chi connectivity index (χ0v) is 10.6. The predicted octanol–water partition coefficient (Wildman–Crippen LogP) is 2.53. The van der Waals surface area contributed by atoms with Gasteiger partial charge in [0.2, 0.25) is 5.91 Å². The largest absolute Gasteiger partial charge is 0.378 e. The van der Waals surface area contributed by atoms with E-state index in [1.54, 1.807) is 0 Å². The van der Waals surface area contributed by atoms with Gasteiger partial charge in [-0.25, -0.2) is 0 Å². The van der Waals surface area contributed by atoms with Crippen LogP contribution in [0.3, 0.4) is 0 Å². The molecule has 1 saturated heterocycles. The molecule has 1 aromatic rings. The second-order valence-electron chi connectivity index (χ2n) is 5.12. The number of nitrogens with zero attached hydrogens (tertiary/aromatic N) is 1. The first-order valence-corrected chi connectivity index (χ1v) is 6.84. The number of rotatable bonds is 2. The van der Waals surface area contributed by atoms with Gasteiger partial charge in [0.05, 0.1) is 12.5 Å². The number of ether oxygens (including phenoxy) is 1. The van der Waals surface area contributed by atoms with Crippen molar-refractivity contribution in [1.82, 2.24) is 0 Å². The smallest absolute Gasteiger partial charge is 0.229 e. The van der Waals surface area contributed by atoms with Crippen LogP contribution in [0.1, 0.15) is 31.2 Å². The molecule has 1 atom stereocenters. The number of benzene rings is 1. The SMILES string of the molecule is O=C(CC1CCCCO1)N1CCc2ccccc21. The monoisotopic (exact) mass is 245 g/mol. The lowest BCUT2D eigenvalue weighted by molar-refractivity contribution is -0.122. The van der Waals surface area contributed by atoms with Crippen LogP contribution in [0.5, 0.6) is 0 Å². The zero-order valence-electron chi connectivity index (χ0n) is 10.6. The second-order valence-corrected chi connectivity index (χ2v) is 5.12. The van der Waals surface area contributed by atoms with Crippen LogP contribution in [0.4, 0.5) is 5.69 Å². The molecule has 96 valence electrons.